The molecule has 0 unspecified atom stereocenters. The van der Waals surface area contributed by atoms with Gasteiger partial charge in [0.05, 0.1) is 17.7 Å². The van der Waals surface area contributed by atoms with Gasteiger partial charge in [0.25, 0.3) is 0 Å². The Morgan fingerprint density at radius 2 is 1.47 bits per heavy atom. The smallest absolute Gasteiger partial charge is 0.335 e. The Hall–Kier alpha value is -3.58. The Balaban J connectivity index is 1.50. The molecule has 2 amide bonds. The Morgan fingerprint density at radius 3 is 2.17 bits per heavy atom. The molecule has 6 nitrogen and oxygen atoms in total. The summed E-state index contributed by atoms with van der Waals surface area (Å²) in [7, 11) is 0. The summed E-state index contributed by atoms with van der Waals surface area (Å²) in [5.74, 6) is -1.14. The molecule has 152 valence electrons. The van der Waals surface area contributed by atoms with Crippen LogP contribution in [0.3, 0.4) is 0 Å². The highest BCUT2D eigenvalue weighted by molar-refractivity contribution is 8.00. The lowest BCUT2D eigenvalue weighted by molar-refractivity contribution is -0.115. The van der Waals surface area contributed by atoms with E-state index >= 15 is 0 Å². The molecule has 0 saturated heterocycles. The minimum absolute atomic E-state index is 0.106. The molecule has 3 aromatic carbocycles. The van der Waals surface area contributed by atoms with Crippen molar-refractivity contribution in [1.82, 2.24) is 0 Å². The molecular formula is C23H20N2O4S. The number of amides is 2. The summed E-state index contributed by atoms with van der Waals surface area (Å²) in [5, 5.41) is 14.5. The molecule has 0 fully saturated rings. The molecule has 0 atom stereocenters. The second-order valence-corrected chi connectivity index (χ2v) is 7.51. The number of anilines is 2. The van der Waals surface area contributed by atoms with Crippen LogP contribution in [0.25, 0.3) is 0 Å². The topological polar surface area (TPSA) is 95.5 Å². The van der Waals surface area contributed by atoms with Crippen molar-refractivity contribution in [2.24, 2.45) is 0 Å². The van der Waals surface area contributed by atoms with Crippen LogP contribution in [0.1, 0.15) is 15.9 Å². The number of hydrogen-bond acceptors (Lipinski definition) is 4. The molecule has 0 spiro atoms. The predicted molar refractivity (Wildman–Crippen MR) is 118 cm³/mol. The fourth-order valence-corrected chi connectivity index (χ4v) is 3.45. The molecule has 0 aliphatic heterocycles. The Kier molecular flexibility index (Phi) is 7.24. The summed E-state index contributed by atoms with van der Waals surface area (Å²) >= 11 is 1.34. The highest BCUT2D eigenvalue weighted by Gasteiger charge is 2.08. The van der Waals surface area contributed by atoms with Crippen molar-refractivity contribution in [2.45, 2.75) is 11.3 Å². The number of carboxylic acid groups (broad SMARTS) is 1. The number of rotatable bonds is 8. The minimum atomic E-state index is -1.01. The van der Waals surface area contributed by atoms with Crippen molar-refractivity contribution in [3.8, 4) is 0 Å². The quantitative estimate of drug-likeness (QED) is 0.472. The Bertz CT molecular complexity index is 1040. The van der Waals surface area contributed by atoms with E-state index in [1.807, 2.05) is 48.5 Å². The van der Waals surface area contributed by atoms with Gasteiger partial charge in [0.1, 0.15) is 0 Å². The van der Waals surface area contributed by atoms with Gasteiger partial charge in [-0.1, -0.05) is 36.4 Å². The molecule has 7 heteroatoms. The summed E-state index contributed by atoms with van der Waals surface area (Å²) in [6.07, 6.45) is 0.293. The molecule has 3 aromatic rings. The number of thioether (sulfide) groups is 1. The van der Waals surface area contributed by atoms with E-state index in [4.69, 9.17) is 5.11 Å². The first kappa shape index (κ1) is 21.1. The van der Waals surface area contributed by atoms with Gasteiger partial charge in [0.15, 0.2) is 0 Å². The van der Waals surface area contributed by atoms with Crippen LogP contribution in [0.5, 0.6) is 0 Å². The SMILES string of the molecule is O=C(CSc1cccc(NC(=O)Cc2ccccc2)c1)Nc1ccc(C(=O)O)cc1. The zero-order valence-electron chi connectivity index (χ0n) is 16.0. The summed E-state index contributed by atoms with van der Waals surface area (Å²) in [6.45, 7) is 0. The molecule has 0 radical (unpaired) electrons. The van der Waals surface area contributed by atoms with Gasteiger partial charge in [-0.2, -0.15) is 0 Å². The third-order valence-electron chi connectivity index (χ3n) is 4.11. The van der Waals surface area contributed by atoms with E-state index in [2.05, 4.69) is 10.6 Å². The van der Waals surface area contributed by atoms with Crippen LogP contribution in [0, 0.1) is 0 Å². The summed E-state index contributed by atoms with van der Waals surface area (Å²) < 4.78 is 0. The van der Waals surface area contributed by atoms with Crippen LogP contribution < -0.4 is 10.6 Å². The lowest BCUT2D eigenvalue weighted by atomic mass is 10.1. The first-order valence-corrected chi connectivity index (χ1v) is 10.2. The number of aromatic carboxylic acids is 1. The van der Waals surface area contributed by atoms with E-state index in [0.717, 1.165) is 10.5 Å². The molecule has 0 aliphatic rings. The van der Waals surface area contributed by atoms with Crippen LogP contribution in [0.2, 0.25) is 0 Å². The molecule has 3 rings (SSSR count). The second kappa shape index (κ2) is 10.3. The number of carbonyl (C=O) groups excluding carboxylic acids is 2. The van der Waals surface area contributed by atoms with E-state index in [-0.39, 0.29) is 23.1 Å². The predicted octanol–water partition coefficient (Wildman–Crippen LogP) is 4.30. The molecule has 0 saturated carbocycles. The third-order valence-corrected chi connectivity index (χ3v) is 5.10. The van der Waals surface area contributed by atoms with Crippen LogP contribution >= 0.6 is 11.8 Å². The van der Waals surface area contributed by atoms with Crippen molar-refractivity contribution in [3.63, 3.8) is 0 Å². The maximum Gasteiger partial charge on any atom is 0.335 e. The zero-order valence-corrected chi connectivity index (χ0v) is 16.8. The largest absolute Gasteiger partial charge is 0.478 e. The number of benzene rings is 3. The summed E-state index contributed by atoms with van der Waals surface area (Å²) in [6, 6.07) is 22.8. The average molecular weight is 420 g/mol. The molecule has 0 bridgehead atoms. The number of hydrogen-bond donors (Lipinski definition) is 3. The van der Waals surface area contributed by atoms with Gasteiger partial charge in [-0.3, -0.25) is 9.59 Å². The van der Waals surface area contributed by atoms with Crippen molar-refractivity contribution < 1.29 is 19.5 Å². The number of carboxylic acids is 1. The van der Waals surface area contributed by atoms with Gasteiger partial charge < -0.3 is 15.7 Å². The summed E-state index contributed by atoms with van der Waals surface area (Å²) in [4.78, 5) is 36.1. The van der Waals surface area contributed by atoms with Gasteiger partial charge in [-0.05, 0) is 48.0 Å². The van der Waals surface area contributed by atoms with E-state index in [1.54, 1.807) is 18.2 Å². The Morgan fingerprint density at radius 1 is 0.767 bits per heavy atom. The van der Waals surface area contributed by atoms with Gasteiger partial charge in [-0.15, -0.1) is 11.8 Å². The van der Waals surface area contributed by atoms with E-state index < -0.39 is 5.97 Å². The molecule has 0 aliphatic carbocycles. The van der Waals surface area contributed by atoms with Gasteiger partial charge in [0.2, 0.25) is 11.8 Å². The van der Waals surface area contributed by atoms with E-state index in [9.17, 15) is 14.4 Å². The molecule has 0 heterocycles. The van der Waals surface area contributed by atoms with Crippen LogP contribution in [-0.2, 0) is 16.0 Å². The molecular weight excluding hydrogens is 400 g/mol. The minimum Gasteiger partial charge on any atom is -0.478 e. The van der Waals surface area contributed by atoms with Gasteiger partial charge in [0, 0.05) is 16.3 Å². The van der Waals surface area contributed by atoms with Crippen LogP contribution in [0.15, 0.2) is 83.8 Å². The normalized spacial score (nSPS) is 10.3. The fraction of sp³-hybridized carbons (Fsp3) is 0.0870. The maximum atomic E-state index is 12.2. The average Bonchev–Trinajstić information content (AvgIpc) is 2.73. The highest BCUT2D eigenvalue weighted by Crippen LogP contribution is 2.22. The molecule has 3 N–H and O–H groups in total. The first-order valence-electron chi connectivity index (χ1n) is 9.19. The van der Waals surface area contributed by atoms with E-state index in [0.29, 0.717) is 17.8 Å². The second-order valence-electron chi connectivity index (χ2n) is 6.46. The lowest BCUT2D eigenvalue weighted by Gasteiger charge is -2.08. The van der Waals surface area contributed by atoms with Crippen LogP contribution in [-0.4, -0.2) is 28.6 Å². The summed E-state index contributed by atoms with van der Waals surface area (Å²) in [5.41, 5.74) is 2.31. The van der Waals surface area contributed by atoms with Crippen LogP contribution in [0.4, 0.5) is 11.4 Å². The van der Waals surface area contributed by atoms with Gasteiger partial charge >= 0.3 is 5.97 Å². The van der Waals surface area contributed by atoms with Crippen molar-refractivity contribution in [2.75, 3.05) is 16.4 Å². The van der Waals surface area contributed by atoms with Crippen molar-refractivity contribution in [3.05, 3.63) is 90.0 Å². The highest BCUT2D eigenvalue weighted by atomic mass is 32.2. The molecule has 0 aromatic heterocycles. The fourth-order valence-electron chi connectivity index (χ4n) is 2.69. The first-order chi connectivity index (χ1) is 14.5. The zero-order chi connectivity index (χ0) is 21.3. The van der Waals surface area contributed by atoms with Crippen molar-refractivity contribution >= 4 is 40.9 Å². The standard InChI is InChI=1S/C23H20N2O4S/c26-21(13-16-5-2-1-3-6-16)25-19-7-4-8-20(14-19)30-15-22(27)24-18-11-9-17(10-12-18)23(28)29/h1-12,14H,13,15H2,(H,24,27)(H,25,26)(H,28,29). The van der Waals surface area contributed by atoms with E-state index in [1.165, 1.54) is 23.9 Å². The lowest BCUT2D eigenvalue weighted by Crippen LogP contribution is -2.15. The Labute approximate surface area is 178 Å². The monoisotopic (exact) mass is 420 g/mol. The molecule has 30 heavy (non-hydrogen) atoms. The van der Waals surface area contributed by atoms with Crippen molar-refractivity contribution in [1.29, 1.82) is 0 Å². The maximum absolute atomic E-state index is 12.2. The third kappa shape index (κ3) is 6.49. The number of nitrogens with one attached hydrogen (secondary N) is 2. The van der Waals surface area contributed by atoms with Gasteiger partial charge in [-0.25, -0.2) is 4.79 Å². The number of carbonyl (C=O) groups is 3.